The van der Waals surface area contributed by atoms with Gasteiger partial charge in [0.15, 0.2) is 0 Å². The molecule has 3 nitrogen and oxygen atoms in total. The maximum absolute atomic E-state index is 5.65. The van der Waals surface area contributed by atoms with E-state index in [4.69, 9.17) is 4.42 Å². The average molecular weight is 250 g/mol. The van der Waals surface area contributed by atoms with E-state index in [0.29, 0.717) is 12.1 Å². The summed E-state index contributed by atoms with van der Waals surface area (Å²) in [5.74, 6) is 2.89. The van der Waals surface area contributed by atoms with E-state index >= 15 is 0 Å². The lowest BCUT2D eigenvalue weighted by atomic mass is 9.78. The summed E-state index contributed by atoms with van der Waals surface area (Å²) in [5, 5.41) is 3.55. The highest BCUT2D eigenvalue weighted by atomic mass is 16.3. The molecule has 2 unspecified atom stereocenters. The summed E-state index contributed by atoms with van der Waals surface area (Å²) in [6, 6.07) is 5.43. The molecule has 1 saturated carbocycles. The van der Waals surface area contributed by atoms with Crippen molar-refractivity contribution in [2.45, 2.75) is 52.2 Å². The first kappa shape index (κ1) is 13.6. The smallest absolute Gasteiger partial charge is 0.118 e. The van der Waals surface area contributed by atoms with Gasteiger partial charge < -0.3 is 9.73 Å². The molecule has 1 aromatic heterocycles. The van der Waals surface area contributed by atoms with Gasteiger partial charge in [0.2, 0.25) is 0 Å². The third-order valence-corrected chi connectivity index (χ3v) is 3.93. The maximum atomic E-state index is 5.65. The van der Waals surface area contributed by atoms with E-state index in [1.807, 2.05) is 13.0 Å². The number of aryl methyl sites for hydroxylation is 1. The molecule has 0 aliphatic heterocycles. The predicted molar refractivity (Wildman–Crippen MR) is 74.6 cm³/mol. The Morgan fingerprint density at radius 2 is 2.17 bits per heavy atom. The van der Waals surface area contributed by atoms with E-state index < -0.39 is 0 Å². The highest BCUT2D eigenvalue weighted by molar-refractivity contribution is 5.06. The molecule has 102 valence electrons. The van der Waals surface area contributed by atoms with Crippen molar-refractivity contribution < 1.29 is 4.42 Å². The van der Waals surface area contributed by atoms with Gasteiger partial charge in [0.25, 0.3) is 0 Å². The Morgan fingerprint density at radius 1 is 1.39 bits per heavy atom. The SMILES string of the molecule is Cc1ccc(CN(C)C2CCC2CNC(C)C)o1. The van der Waals surface area contributed by atoms with Crippen LogP contribution in [-0.2, 0) is 6.54 Å². The van der Waals surface area contributed by atoms with Crippen LogP contribution in [0.5, 0.6) is 0 Å². The first-order valence-corrected chi connectivity index (χ1v) is 7.05. The molecule has 1 aliphatic carbocycles. The van der Waals surface area contributed by atoms with Gasteiger partial charge in [0.1, 0.15) is 11.5 Å². The Morgan fingerprint density at radius 3 is 2.67 bits per heavy atom. The molecule has 1 aromatic rings. The first-order valence-electron chi connectivity index (χ1n) is 7.05. The van der Waals surface area contributed by atoms with Gasteiger partial charge in [-0.2, -0.15) is 0 Å². The summed E-state index contributed by atoms with van der Waals surface area (Å²) >= 11 is 0. The first-order chi connectivity index (χ1) is 8.56. The Balaban J connectivity index is 1.80. The summed E-state index contributed by atoms with van der Waals surface area (Å²) < 4.78 is 5.65. The number of nitrogens with zero attached hydrogens (tertiary/aromatic N) is 1. The molecule has 0 bridgehead atoms. The largest absolute Gasteiger partial charge is 0.465 e. The molecule has 1 aliphatic rings. The van der Waals surface area contributed by atoms with Crippen molar-refractivity contribution >= 4 is 0 Å². The molecule has 18 heavy (non-hydrogen) atoms. The molecule has 0 aromatic carbocycles. The fourth-order valence-corrected chi connectivity index (χ4v) is 2.69. The fraction of sp³-hybridized carbons (Fsp3) is 0.733. The zero-order chi connectivity index (χ0) is 13.1. The van der Waals surface area contributed by atoms with Crippen molar-refractivity contribution in [3.8, 4) is 0 Å². The Bertz CT molecular complexity index is 372. The standard InChI is InChI=1S/C15H26N2O/c1-11(2)16-9-13-6-8-15(13)17(4)10-14-7-5-12(3)18-14/h5,7,11,13,15-16H,6,8-10H2,1-4H3. The molecule has 1 N–H and O–H groups in total. The summed E-state index contributed by atoms with van der Waals surface area (Å²) in [5.41, 5.74) is 0. The van der Waals surface area contributed by atoms with Crippen LogP contribution in [0.1, 0.15) is 38.2 Å². The van der Waals surface area contributed by atoms with Gasteiger partial charge in [-0.1, -0.05) is 13.8 Å². The summed E-state index contributed by atoms with van der Waals surface area (Å²) in [6.07, 6.45) is 2.67. The number of hydrogen-bond donors (Lipinski definition) is 1. The topological polar surface area (TPSA) is 28.4 Å². The molecule has 2 rings (SSSR count). The second kappa shape index (κ2) is 5.89. The van der Waals surface area contributed by atoms with Gasteiger partial charge in [0.05, 0.1) is 6.54 Å². The Hall–Kier alpha value is -0.800. The van der Waals surface area contributed by atoms with E-state index in [1.54, 1.807) is 0 Å². The molecule has 2 atom stereocenters. The van der Waals surface area contributed by atoms with E-state index in [0.717, 1.165) is 30.5 Å². The minimum absolute atomic E-state index is 0.587. The van der Waals surface area contributed by atoms with Crippen molar-refractivity contribution in [1.82, 2.24) is 10.2 Å². The molecule has 0 amide bonds. The summed E-state index contributed by atoms with van der Waals surface area (Å²) in [7, 11) is 2.21. The van der Waals surface area contributed by atoms with Gasteiger partial charge in [-0.25, -0.2) is 0 Å². The van der Waals surface area contributed by atoms with Crippen LogP contribution in [0.2, 0.25) is 0 Å². The Labute approximate surface area is 111 Å². The van der Waals surface area contributed by atoms with E-state index in [1.165, 1.54) is 12.8 Å². The van der Waals surface area contributed by atoms with Crippen molar-refractivity contribution in [2.24, 2.45) is 5.92 Å². The highest BCUT2D eigenvalue weighted by Crippen LogP contribution is 2.32. The molecule has 1 fully saturated rings. The maximum Gasteiger partial charge on any atom is 0.118 e. The van der Waals surface area contributed by atoms with E-state index in [-0.39, 0.29) is 0 Å². The highest BCUT2D eigenvalue weighted by Gasteiger charge is 2.33. The predicted octanol–water partition coefficient (Wildman–Crippen LogP) is 2.80. The van der Waals surface area contributed by atoms with E-state index in [2.05, 4.69) is 37.2 Å². The van der Waals surface area contributed by atoms with Crippen LogP contribution in [0.4, 0.5) is 0 Å². The number of hydrogen-bond acceptors (Lipinski definition) is 3. The zero-order valence-corrected chi connectivity index (χ0v) is 12.1. The van der Waals surface area contributed by atoms with Crippen LogP contribution < -0.4 is 5.32 Å². The van der Waals surface area contributed by atoms with Crippen molar-refractivity contribution in [2.75, 3.05) is 13.6 Å². The third-order valence-electron chi connectivity index (χ3n) is 3.93. The van der Waals surface area contributed by atoms with Crippen LogP contribution in [0.3, 0.4) is 0 Å². The Kier molecular flexibility index (Phi) is 4.46. The van der Waals surface area contributed by atoms with Gasteiger partial charge in [-0.05, 0) is 51.4 Å². The third kappa shape index (κ3) is 3.36. The average Bonchev–Trinajstić information content (AvgIpc) is 2.61. The van der Waals surface area contributed by atoms with Crippen LogP contribution in [-0.4, -0.2) is 30.6 Å². The second-order valence-corrected chi connectivity index (χ2v) is 5.90. The number of rotatable bonds is 6. The lowest BCUT2D eigenvalue weighted by molar-refractivity contribution is 0.0714. The van der Waals surface area contributed by atoms with Crippen LogP contribution in [0, 0.1) is 12.8 Å². The fourth-order valence-electron chi connectivity index (χ4n) is 2.69. The molecule has 0 saturated heterocycles. The molecule has 0 radical (unpaired) electrons. The quantitative estimate of drug-likeness (QED) is 0.841. The van der Waals surface area contributed by atoms with Gasteiger partial charge in [-0.3, -0.25) is 4.90 Å². The lowest BCUT2D eigenvalue weighted by Gasteiger charge is -2.43. The van der Waals surface area contributed by atoms with E-state index in [9.17, 15) is 0 Å². The lowest BCUT2D eigenvalue weighted by Crippen LogP contribution is -2.49. The van der Waals surface area contributed by atoms with Gasteiger partial charge >= 0.3 is 0 Å². The molecule has 1 heterocycles. The second-order valence-electron chi connectivity index (χ2n) is 5.90. The van der Waals surface area contributed by atoms with Crippen LogP contribution in [0.25, 0.3) is 0 Å². The summed E-state index contributed by atoms with van der Waals surface area (Å²) in [6.45, 7) is 8.49. The monoisotopic (exact) mass is 250 g/mol. The minimum Gasteiger partial charge on any atom is -0.465 e. The molecule has 3 heteroatoms. The molecular weight excluding hydrogens is 224 g/mol. The van der Waals surface area contributed by atoms with Crippen LogP contribution >= 0.6 is 0 Å². The van der Waals surface area contributed by atoms with Crippen molar-refractivity contribution in [3.05, 3.63) is 23.7 Å². The molecule has 0 spiro atoms. The summed E-state index contributed by atoms with van der Waals surface area (Å²) in [4.78, 5) is 2.44. The number of nitrogens with one attached hydrogen (secondary N) is 1. The minimum atomic E-state index is 0.587. The zero-order valence-electron chi connectivity index (χ0n) is 12.1. The van der Waals surface area contributed by atoms with Gasteiger partial charge in [0, 0.05) is 12.1 Å². The van der Waals surface area contributed by atoms with Crippen LogP contribution in [0.15, 0.2) is 16.5 Å². The molecular formula is C15H26N2O. The normalized spacial score (nSPS) is 23.7. The van der Waals surface area contributed by atoms with Crippen molar-refractivity contribution in [1.29, 1.82) is 0 Å². The van der Waals surface area contributed by atoms with Crippen molar-refractivity contribution in [3.63, 3.8) is 0 Å². The number of furan rings is 1. The van der Waals surface area contributed by atoms with Gasteiger partial charge in [-0.15, -0.1) is 0 Å².